The largest absolute Gasteiger partial charge is 0.409 e. The van der Waals surface area contributed by atoms with E-state index in [1.807, 2.05) is 43.1 Å². The van der Waals surface area contributed by atoms with Crippen LogP contribution < -0.4 is 10.6 Å². The zero-order chi connectivity index (χ0) is 13.8. The van der Waals surface area contributed by atoms with E-state index >= 15 is 0 Å². The van der Waals surface area contributed by atoms with Crippen molar-refractivity contribution in [1.29, 1.82) is 0 Å². The van der Waals surface area contributed by atoms with Gasteiger partial charge < -0.3 is 15.8 Å². The SMILES string of the molecule is Cc1ccccc1N(C)c1nccnc1C(N)=NO. The summed E-state index contributed by atoms with van der Waals surface area (Å²) in [6.45, 7) is 2.01. The van der Waals surface area contributed by atoms with E-state index in [0.717, 1.165) is 11.3 Å². The predicted molar refractivity (Wildman–Crippen MR) is 73.8 cm³/mol. The third-order valence-corrected chi connectivity index (χ3v) is 2.82. The minimum atomic E-state index is -0.0662. The molecule has 0 saturated heterocycles. The number of aryl methyl sites for hydroxylation is 1. The molecular weight excluding hydrogens is 242 g/mol. The van der Waals surface area contributed by atoms with Crippen LogP contribution in [0, 0.1) is 6.92 Å². The number of hydrogen-bond donors (Lipinski definition) is 2. The fraction of sp³-hybridized carbons (Fsp3) is 0.154. The number of benzene rings is 1. The molecule has 1 aromatic heterocycles. The number of para-hydroxylation sites is 1. The smallest absolute Gasteiger partial charge is 0.192 e. The molecular formula is C13H15N5O. The molecule has 1 heterocycles. The van der Waals surface area contributed by atoms with Crippen LogP contribution in [0.15, 0.2) is 41.8 Å². The van der Waals surface area contributed by atoms with Gasteiger partial charge in [0.15, 0.2) is 17.3 Å². The molecule has 3 N–H and O–H groups in total. The topological polar surface area (TPSA) is 87.6 Å². The molecule has 98 valence electrons. The maximum Gasteiger partial charge on any atom is 0.192 e. The van der Waals surface area contributed by atoms with E-state index in [1.54, 1.807) is 6.20 Å². The van der Waals surface area contributed by atoms with Crippen LogP contribution >= 0.6 is 0 Å². The Labute approximate surface area is 111 Å². The van der Waals surface area contributed by atoms with E-state index < -0.39 is 0 Å². The summed E-state index contributed by atoms with van der Waals surface area (Å²) in [7, 11) is 1.86. The lowest BCUT2D eigenvalue weighted by Crippen LogP contribution is -2.22. The molecule has 0 aliphatic heterocycles. The highest BCUT2D eigenvalue weighted by atomic mass is 16.4. The molecule has 6 heteroatoms. The Kier molecular flexibility index (Phi) is 3.61. The molecule has 0 unspecified atom stereocenters. The second kappa shape index (κ2) is 5.34. The summed E-state index contributed by atoms with van der Waals surface area (Å²) in [6.07, 6.45) is 3.07. The predicted octanol–water partition coefficient (Wildman–Crippen LogP) is 1.65. The molecule has 0 fully saturated rings. The van der Waals surface area contributed by atoms with E-state index in [2.05, 4.69) is 15.1 Å². The van der Waals surface area contributed by atoms with Gasteiger partial charge in [0.05, 0.1) is 0 Å². The van der Waals surface area contributed by atoms with Crippen molar-refractivity contribution >= 4 is 17.3 Å². The third-order valence-electron chi connectivity index (χ3n) is 2.82. The minimum absolute atomic E-state index is 0.0662. The van der Waals surface area contributed by atoms with Crippen LogP contribution in [0.3, 0.4) is 0 Å². The first-order valence-corrected chi connectivity index (χ1v) is 5.73. The van der Waals surface area contributed by atoms with Gasteiger partial charge in [-0.2, -0.15) is 0 Å². The van der Waals surface area contributed by atoms with Crippen molar-refractivity contribution in [2.75, 3.05) is 11.9 Å². The quantitative estimate of drug-likeness (QED) is 0.378. The molecule has 0 amide bonds. The van der Waals surface area contributed by atoms with Crippen molar-refractivity contribution in [1.82, 2.24) is 9.97 Å². The molecule has 1 aromatic carbocycles. The van der Waals surface area contributed by atoms with Gasteiger partial charge in [0.1, 0.15) is 0 Å². The standard InChI is InChI=1S/C13H15N5O/c1-9-5-3-4-6-10(9)18(2)13-11(12(14)17-19)15-7-8-16-13/h3-8,19H,1-2H3,(H2,14,17). The van der Waals surface area contributed by atoms with Crippen LogP contribution in [-0.2, 0) is 0 Å². The van der Waals surface area contributed by atoms with Crippen LogP contribution in [0.4, 0.5) is 11.5 Å². The number of nitrogens with zero attached hydrogens (tertiary/aromatic N) is 4. The van der Waals surface area contributed by atoms with E-state index in [0.29, 0.717) is 11.5 Å². The van der Waals surface area contributed by atoms with Gasteiger partial charge in [0.2, 0.25) is 0 Å². The molecule has 0 bridgehead atoms. The third kappa shape index (κ3) is 2.47. The van der Waals surface area contributed by atoms with Crippen LogP contribution in [-0.4, -0.2) is 28.1 Å². The number of anilines is 2. The highest BCUT2D eigenvalue weighted by Gasteiger charge is 2.16. The van der Waals surface area contributed by atoms with Gasteiger partial charge in [0.25, 0.3) is 0 Å². The number of oxime groups is 1. The van der Waals surface area contributed by atoms with Crippen LogP contribution in [0.1, 0.15) is 11.3 Å². The Hall–Kier alpha value is -2.63. The number of aromatic nitrogens is 2. The lowest BCUT2D eigenvalue weighted by Gasteiger charge is -2.21. The average Bonchev–Trinajstić information content (AvgIpc) is 2.46. The molecule has 2 aromatic rings. The van der Waals surface area contributed by atoms with E-state index in [9.17, 15) is 0 Å². The average molecular weight is 257 g/mol. The van der Waals surface area contributed by atoms with Crippen molar-refractivity contribution in [3.05, 3.63) is 47.9 Å². The highest BCUT2D eigenvalue weighted by Crippen LogP contribution is 2.26. The van der Waals surface area contributed by atoms with Crippen LogP contribution in [0.25, 0.3) is 0 Å². The minimum Gasteiger partial charge on any atom is -0.409 e. The summed E-state index contributed by atoms with van der Waals surface area (Å²) in [5, 5.41) is 11.8. The summed E-state index contributed by atoms with van der Waals surface area (Å²) in [5.41, 5.74) is 8.04. The molecule has 0 radical (unpaired) electrons. The van der Waals surface area contributed by atoms with Crippen molar-refractivity contribution in [3.8, 4) is 0 Å². The maximum atomic E-state index is 8.80. The second-order valence-electron chi connectivity index (χ2n) is 4.06. The van der Waals surface area contributed by atoms with Gasteiger partial charge >= 0.3 is 0 Å². The molecule has 0 spiro atoms. The summed E-state index contributed by atoms with van der Waals surface area (Å²) >= 11 is 0. The van der Waals surface area contributed by atoms with Gasteiger partial charge in [-0.3, -0.25) is 0 Å². The van der Waals surface area contributed by atoms with Crippen molar-refractivity contribution in [2.45, 2.75) is 6.92 Å². The lowest BCUT2D eigenvalue weighted by atomic mass is 10.2. The Morgan fingerprint density at radius 2 is 1.95 bits per heavy atom. The monoisotopic (exact) mass is 257 g/mol. The first kappa shape index (κ1) is 12.8. The maximum absolute atomic E-state index is 8.80. The zero-order valence-corrected chi connectivity index (χ0v) is 10.8. The fourth-order valence-electron chi connectivity index (χ4n) is 1.86. The molecule has 0 aliphatic rings. The number of rotatable bonds is 3. The van der Waals surface area contributed by atoms with E-state index in [1.165, 1.54) is 6.20 Å². The van der Waals surface area contributed by atoms with Crippen molar-refractivity contribution in [2.24, 2.45) is 10.9 Å². The summed E-state index contributed by atoms with van der Waals surface area (Å²) in [4.78, 5) is 10.2. The van der Waals surface area contributed by atoms with Crippen molar-refractivity contribution < 1.29 is 5.21 Å². The Morgan fingerprint density at radius 3 is 2.63 bits per heavy atom. The fourth-order valence-corrected chi connectivity index (χ4v) is 1.86. The summed E-state index contributed by atoms with van der Waals surface area (Å²) in [6, 6.07) is 7.89. The first-order valence-electron chi connectivity index (χ1n) is 5.73. The van der Waals surface area contributed by atoms with E-state index in [4.69, 9.17) is 10.9 Å². The molecule has 6 nitrogen and oxygen atoms in total. The van der Waals surface area contributed by atoms with E-state index in [-0.39, 0.29) is 5.84 Å². The van der Waals surface area contributed by atoms with Gasteiger partial charge in [0, 0.05) is 25.1 Å². The lowest BCUT2D eigenvalue weighted by molar-refractivity contribution is 0.318. The summed E-state index contributed by atoms with van der Waals surface area (Å²) in [5.74, 6) is 0.468. The van der Waals surface area contributed by atoms with Crippen molar-refractivity contribution in [3.63, 3.8) is 0 Å². The Morgan fingerprint density at radius 1 is 1.26 bits per heavy atom. The summed E-state index contributed by atoms with van der Waals surface area (Å²) < 4.78 is 0. The van der Waals surface area contributed by atoms with Gasteiger partial charge in [-0.15, -0.1) is 0 Å². The first-order chi connectivity index (χ1) is 9.15. The second-order valence-corrected chi connectivity index (χ2v) is 4.06. The number of nitrogens with two attached hydrogens (primary N) is 1. The molecule has 19 heavy (non-hydrogen) atoms. The molecule has 2 rings (SSSR count). The highest BCUT2D eigenvalue weighted by molar-refractivity contribution is 6.00. The molecule has 0 aliphatic carbocycles. The van der Waals surface area contributed by atoms with Gasteiger partial charge in [-0.1, -0.05) is 23.4 Å². The van der Waals surface area contributed by atoms with Gasteiger partial charge in [-0.05, 0) is 18.6 Å². The number of amidine groups is 1. The molecule has 0 atom stereocenters. The Balaban J connectivity index is 2.51. The van der Waals surface area contributed by atoms with Crippen LogP contribution in [0.5, 0.6) is 0 Å². The zero-order valence-electron chi connectivity index (χ0n) is 10.8. The normalized spacial score (nSPS) is 11.4. The van der Waals surface area contributed by atoms with Crippen LogP contribution in [0.2, 0.25) is 0 Å². The van der Waals surface area contributed by atoms with Gasteiger partial charge in [-0.25, -0.2) is 9.97 Å². The number of hydrogen-bond acceptors (Lipinski definition) is 5. The Bertz CT molecular complexity index is 611. The molecule has 0 saturated carbocycles.